The van der Waals surface area contributed by atoms with Gasteiger partial charge in [-0.05, 0) is 24.1 Å². The Morgan fingerprint density at radius 1 is 1.20 bits per heavy atom. The summed E-state index contributed by atoms with van der Waals surface area (Å²) in [7, 11) is 1.44. The summed E-state index contributed by atoms with van der Waals surface area (Å²) in [5.74, 6) is -0.578. The molecular formula is C11H11NO3. The van der Waals surface area contributed by atoms with Gasteiger partial charge in [-0.1, -0.05) is 6.92 Å². The van der Waals surface area contributed by atoms with Crippen molar-refractivity contribution in [3.63, 3.8) is 0 Å². The molecule has 0 atom stereocenters. The van der Waals surface area contributed by atoms with E-state index in [1.807, 2.05) is 6.92 Å². The van der Waals surface area contributed by atoms with E-state index >= 15 is 0 Å². The van der Waals surface area contributed by atoms with Gasteiger partial charge in [0.2, 0.25) is 0 Å². The van der Waals surface area contributed by atoms with Gasteiger partial charge in [0, 0.05) is 7.05 Å². The number of imide groups is 1. The van der Waals surface area contributed by atoms with Crippen molar-refractivity contribution < 1.29 is 14.7 Å². The molecule has 15 heavy (non-hydrogen) atoms. The summed E-state index contributed by atoms with van der Waals surface area (Å²) in [6, 6.07) is 2.96. The molecule has 1 N–H and O–H groups in total. The molecule has 78 valence electrons. The lowest BCUT2D eigenvalue weighted by Gasteiger charge is -2.02. The third-order valence-electron chi connectivity index (χ3n) is 2.67. The fraction of sp³-hybridized carbons (Fsp3) is 0.273. The monoisotopic (exact) mass is 205 g/mol. The first kappa shape index (κ1) is 9.71. The molecule has 0 spiro atoms. The van der Waals surface area contributed by atoms with Gasteiger partial charge in [0.1, 0.15) is 5.75 Å². The van der Waals surface area contributed by atoms with Crippen LogP contribution >= 0.6 is 0 Å². The fourth-order valence-corrected chi connectivity index (χ4v) is 1.72. The number of aromatic hydroxyl groups is 1. The van der Waals surface area contributed by atoms with E-state index in [0.29, 0.717) is 17.5 Å². The standard InChI is InChI=1S/C11H11NO3/c1-3-6-4-7-8(5-9(6)13)11(15)12(2)10(7)14/h4-5,13H,3H2,1-2H3. The number of hydrogen-bond acceptors (Lipinski definition) is 3. The van der Waals surface area contributed by atoms with Crippen molar-refractivity contribution in [1.29, 1.82) is 0 Å². The minimum atomic E-state index is -0.354. The predicted molar refractivity (Wildman–Crippen MR) is 53.9 cm³/mol. The van der Waals surface area contributed by atoms with Gasteiger partial charge in [0.15, 0.2) is 0 Å². The fourth-order valence-electron chi connectivity index (χ4n) is 1.72. The smallest absolute Gasteiger partial charge is 0.261 e. The molecule has 1 aliphatic heterocycles. The third-order valence-corrected chi connectivity index (χ3v) is 2.67. The maximum absolute atomic E-state index is 11.6. The van der Waals surface area contributed by atoms with E-state index in [2.05, 4.69) is 0 Å². The van der Waals surface area contributed by atoms with Gasteiger partial charge in [-0.25, -0.2) is 0 Å². The number of fused-ring (bicyclic) bond motifs is 1. The Bertz CT molecular complexity index is 465. The average molecular weight is 205 g/mol. The van der Waals surface area contributed by atoms with Crippen LogP contribution in [0, 0.1) is 0 Å². The highest BCUT2D eigenvalue weighted by Gasteiger charge is 2.33. The zero-order valence-corrected chi connectivity index (χ0v) is 8.57. The minimum absolute atomic E-state index is 0.0766. The van der Waals surface area contributed by atoms with Crippen LogP contribution in [0.25, 0.3) is 0 Å². The van der Waals surface area contributed by atoms with E-state index in [-0.39, 0.29) is 23.1 Å². The zero-order chi connectivity index (χ0) is 11.2. The first-order valence-corrected chi connectivity index (χ1v) is 4.74. The second-order valence-corrected chi connectivity index (χ2v) is 3.55. The summed E-state index contributed by atoms with van der Waals surface area (Å²) in [4.78, 5) is 24.2. The van der Waals surface area contributed by atoms with Gasteiger partial charge < -0.3 is 5.11 Å². The number of hydrogen-bond donors (Lipinski definition) is 1. The van der Waals surface area contributed by atoms with Gasteiger partial charge in [-0.3, -0.25) is 14.5 Å². The quantitative estimate of drug-likeness (QED) is 0.700. The average Bonchev–Trinajstić information content (AvgIpc) is 2.43. The summed E-state index contributed by atoms with van der Waals surface area (Å²) in [6.07, 6.45) is 0.629. The minimum Gasteiger partial charge on any atom is -0.508 e. The Kier molecular flexibility index (Phi) is 2.00. The van der Waals surface area contributed by atoms with Crippen LogP contribution in [0.1, 0.15) is 33.2 Å². The Hall–Kier alpha value is -1.84. The van der Waals surface area contributed by atoms with E-state index in [4.69, 9.17) is 0 Å². The topological polar surface area (TPSA) is 57.6 Å². The normalized spacial score (nSPS) is 14.7. The Morgan fingerprint density at radius 2 is 1.73 bits per heavy atom. The van der Waals surface area contributed by atoms with Crippen LogP contribution in [-0.4, -0.2) is 28.9 Å². The van der Waals surface area contributed by atoms with Crippen molar-refractivity contribution in [3.05, 3.63) is 28.8 Å². The van der Waals surface area contributed by atoms with Crippen molar-refractivity contribution in [2.24, 2.45) is 0 Å². The number of phenolic OH excluding ortho intramolecular Hbond substituents is 1. The van der Waals surface area contributed by atoms with Gasteiger partial charge in [0.25, 0.3) is 11.8 Å². The van der Waals surface area contributed by atoms with E-state index in [1.165, 1.54) is 13.1 Å². The molecule has 1 aliphatic rings. The van der Waals surface area contributed by atoms with Gasteiger partial charge in [-0.15, -0.1) is 0 Å². The molecule has 0 aromatic heterocycles. The molecule has 1 aromatic carbocycles. The van der Waals surface area contributed by atoms with E-state index < -0.39 is 0 Å². The Morgan fingerprint density at radius 3 is 2.27 bits per heavy atom. The second kappa shape index (κ2) is 3.08. The second-order valence-electron chi connectivity index (χ2n) is 3.55. The molecule has 0 unspecified atom stereocenters. The largest absolute Gasteiger partial charge is 0.508 e. The summed E-state index contributed by atoms with van der Waals surface area (Å²) in [5, 5.41) is 9.58. The highest BCUT2D eigenvalue weighted by molar-refractivity contribution is 6.21. The van der Waals surface area contributed by atoms with Crippen LogP contribution in [0.2, 0.25) is 0 Å². The van der Waals surface area contributed by atoms with Crippen LogP contribution in [0.3, 0.4) is 0 Å². The maximum atomic E-state index is 11.6. The lowest BCUT2D eigenvalue weighted by atomic mass is 10.0. The number of carbonyl (C=O) groups is 2. The molecule has 4 heteroatoms. The van der Waals surface area contributed by atoms with Crippen molar-refractivity contribution in [2.75, 3.05) is 7.05 Å². The summed E-state index contributed by atoms with van der Waals surface area (Å²) < 4.78 is 0. The molecule has 0 fully saturated rings. The molecule has 4 nitrogen and oxygen atoms in total. The molecule has 2 amide bonds. The van der Waals surface area contributed by atoms with Crippen molar-refractivity contribution in [2.45, 2.75) is 13.3 Å². The molecule has 0 saturated heterocycles. The van der Waals surface area contributed by atoms with E-state index in [1.54, 1.807) is 6.07 Å². The van der Waals surface area contributed by atoms with Gasteiger partial charge >= 0.3 is 0 Å². The Labute approximate surface area is 87.1 Å². The van der Waals surface area contributed by atoms with Crippen LogP contribution < -0.4 is 0 Å². The SMILES string of the molecule is CCc1cc2c(cc1O)C(=O)N(C)C2=O. The van der Waals surface area contributed by atoms with Crippen molar-refractivity contribution >= 4 is 11.8 Å². The van der Waals surface area contributed by atoms with Crippen molar-refractivity contribution in [1.82, 2.24) is 4.90 Å². The molecular weight excluding hydrogens is 194 g/mol. The number of phenols is 1. The molecule has 1 heterocycles. The highest BCUT2D eigenvalue weighted by atomic mass is 16.3. The number of aryl methyl sites for hydroxylation is 1. The molecule has 0 aliphatic carbocycles. The van der Waals surface area contributed by atoms with Gasteiger partial charge in [0.05, 0.1) is 11.1 Å². The predicted octanol–water partition coefficient (Wildman–Crippen LogP) is 1.18. The first-order chi connectivity index (χ1) is 7.06. The number of amides is 2. The van der Waals surface area contributed by atoms with Crippen LogP contribution in [0.4, 0.5) is 0 Å². The summed E-state index contributed by atoms with van der Waals surface area (Å²) >= 11 is 0. The number of benzene rings is 1. The van der Waals surface area contributed by atoms with Crippen LogP contribution in [0.15, 0.2) is 12.1 Å². The van der Waals surface area contributed by atoms with Crippen LogP contribution in [-0.2, 0) is 6.42 Å². The van der Waals surface area contributed by atoms with Crippen molar-refractivity contribution in [3.8, 4) is 5.75 Å². The number of nitrogens with zero attached hydrogens (tertiary/aromatic N) is 1. The lowest BCUT2D eigenvalue weighted by Crippen LogP contribution is -2.24. The molecule has 0 radical (unpaired) electrons. The van der Waals surface area contributed by atoms with E-state index in [0.717, 1.165) is 4.90 Å². The summed E-state index contributed by atoms with van der Waals surface area (Å²) in [5.41, 5.74) is 1.36. The molecule has 0 saturated carbocycles. The third kappa shape index (κ3) is 1.21. The van der Waals surface area contributed by atoms with E-state index in [9.17, 15) is 14.7 Å². The van der Waals surface area contributed by atoms with Gasteiger partial charge in [-0.2, -0.15) is 0 Å². The van der Waals surface area contributed by atoms with Crippen LogP contribution in [0.5, 0.6) is 5.75 Å². The molecule has 0 bridgehead atoms. The molecule has 1 aromatic rings. The summed E-state index contributed by atoms with van der Waals surface area (Å²) in [6.45, 7) is 1.88. The lowest BCUT2D eigenvalue weighted by molar-refractivity contribution is 0.0693. The maximum Gasteiger partial charge on any atom is 0.261 e. The first-order valence-electron chi connectivity index (χ1n) is 4.74. The number of carbonyl (C=O) groups excluding carboxylic acids is 2. The Balaban J connectivity index is 2.66. The highest BCUT2D eigenvalue weighted by Crippen LogP contribution is 2.28. The number of rotatable bonds is 1. The zero-order valence-electron chi connectivity index (χ0n) is 8.57. The molecule has 2 rings (SSSR count).